The van der Waals surface area contributed by atoms with Crippen LogP contribution in [0.3, 0.4) is 0 Å². The zero-order valence-electron chi connectivity index (χ0n) is 19.9. The number of hydrogen-bond acceptors (Lipinski definition) is 7. The number of carbonyl (C=O) groups is 1. The molecule has 2 aromatic carbocycles. The first-order chi connectivity index (χ1) is 16.6. The molecule has 0 saturated carbocycles. The number of halogens is 1. The van der Waals surface area contributed by atoms with E-state index in [0.717, 1.165) is 79.5 Å². The number of benzene rings is 2. The summed E-state index contributed by atoms with van der Waals surface area (Å²) in [6.45, 7) is 3.68. The molecule has 0 amide bonds. The number of hydrogen-bond donors (Lipinski definition) is 1. The van der Waals surface area contributed by atoms with Crippen LogP contribution >= 0.6 is 23.7 Å². The third-order valence-electron chi connectivity index (χ3n) is 6.07. The van der Waals surface area contributed by atoms with Crippen LogP contribution in [0.5, 0.6) is 0 Å². The molecule has 3 aromatic rings. The van der Waals surface area contributed by atoms with Crippen molar-refractivity contribution >= 4 is 35.4 Å². The standard InChI is InChI=1S/C26H31N3O4S.ClH/c1-32-17-3-2-4-18-33-23-13-15-29(16-14-23)22-11-9-20(10-12-22)25-28-27-24(34-25)19-5-7-21(8-6-19)26(30)31;/h5-12,23H,2-4,13-18H2,1H3,(H,30,31);1H. The van der Waals surface area contributed by atoms with Gasteiger partial charge in [0.2, 0.25) is 0 Å². The Bertz CT molecular complexity index is 1050. The van der Waals surface area contributed by atoms with Crippen LogP contribution in [0.4, 0.5) is 5.69 Å². The third kappa shape index (κ3) is 7.48. The van der Waals surface area contributed by atoms with E-state index in [1.165, 1.54) is 17.0 Å². The van der Waals surface area contributed by atoms with Crippen LogP contribution in [0.1, 0.15) is 42.5 Å². The highest BCUT2D eigenvalue weighted by Crippen LogP contribution is 2.31. The molecule has 0 bridgehead atoms. The topological polar surface area (TPSA) is 84.8 Å². The van der Waals surface area contributed by atoms with E-state index in [9.17, 15) is 4.79 Å². The Balaban J connectivity index is 0.00000342. The Hall–Kier alpha value is -2.52. The van der Waals surface area contributed by atoms with E-state index >= 15 is 0 Å². The summed E-state index contributed by atoms with van der Waals surface area (Å²) in [5.74, 6) is -0.935. The van der Waals surface area contributed by atoms with E-state index in [1.807, 2.05) is 0 Å². The second kappa shape index (κ2) is 13.5. The summed E-state index contributed by atoms with van der Waals surface area (Å²) in [4.78, 5) is 13.5. The number of rotatable bonds is 11. The highest BCUT2D eigenvalue weighted by Gasteiger charge is 2.20. The van der Waals surface area contributed by atoms with Crippen LogP contribution in [0.15, 0.2) is 48.5 Å². The van der Waals surface area contributed by atoms with Gasteiger partial charge in [0.05, 0.1) is 11.7 Å². The number of ether oxygens (including phenoxy) is 2. The number of piperidine rings is 1. The van der Waals surface area contributed by atoms with E-state index in [-0.39, 0.29) is 18.0 Å². The summed E-state index contributed by atoms with van der Waals surface area (Å²) in [7, 11) is 1.75. The van der Waals surface area contributed by atoms with Crippen molar-refractivity contribution in [1.82, 2.24) is 10.2 Å². The van der Waals surface area contributed by atoms with Gasteiger partial charge in [0.15, 0.2) is 0 Å². The van der Waals surface area contributed by atoms with E-state index < -0.39 is 5.97 Å². The molecular weight excluding hydrogens is 486 g/mol. The highest BCUT2D eigenvalue weighted by molar-refractivity contribution is 7.17. The van der Waals surface area contributed by atoms with Crippen molar-refractivity contribution in [2.24, 2.45) is 0 Å². The number of aromatic carboxylic acids is 1. The largest absolute Gasteiger partial charge is 0.478 e. The lowest BCUT2D eigenvalue weighted by Crippen LogP contribution is -2.37. The van der Waals surface area contributed by atoms with Crippen LogP contribution in [0.25, 0.3) is 21.1 Å². The molecule has 1 fully saturated rings. The number of methoxy groups -OCH3 is 1. The van der Waals surface area contributed by atoms with Crippen LogP contribution < -0.4 is 4.90 Å². The molecule has 0 radical (unpaired) electrons. The van der Waals surface area contributed by atoms with Gasteiger partial charge in [0.25, 0.3) is 0 Å². The monoisotopic (exact) mass is 517 g/mol. The van der Waals surface area contributed by atoms with Gasteiger partial charge >= 0.3 is 5.97 Å². The molecule has 9 heteroatoms. The maximum atomic E-state index is 11.0. The molecule has 7 nitrogen and oxygen atoms in total. The second-order valence-corrected chi connectivity index (χ2v) is 9.43. The van der Waals surface area contributed by atoms with Crippen molar-refractivity contribution in [1.29, 1.82) is 0 Å². The summed E-state index contributed by atoms with van der Waals surface area (Å²) in [5, 5.41) is 19.3. The first-order valence-corrected chi connectivity index (χ1v) is 12.6. The fraction of sp³-hybridized carbons (Fsp3) is 0.423. The lowest BCUT2D eigenvalue weighted by atomic mass is 10.1. The summed E-state index contributed by atoms with van der Waals surface area (Å²) in [5.41, 5.74) is 3.38. The van der Waals surface area contributed by atoms with Gasteiger partial charge in [-0.2, -0.15) is 0 Å². The Morgan fingerprint density at radius 3 is 2.09 bits per heavy atom. The molecule has 0 unspecified atom stereocenters. The van der Waals surface area contributed by atoms with Crippen molar-refractivity contribution in [2.75, 3.05) is 38.3 Å². The van der Waals surface area contributed by atoms with E-state index in [1.54, 1.807) is 31.4 Å². The fourth-order valence-corrected chi connectivity index (χ4v) is 4.94. The summed E-state index contributed by atoms with van der Waals surface area (Å²) in [6.07, 6.45) is 5.84. The fourth-order valence-electron chi connectivity index (χ4n) is 4.08. The molecule has 35 heavy (non-hydrogen) atoms. The van der Waals surface area contributed by atoms with Gasteiger partial charge in [0.1, 0.15) is 10.0 Å². The SMILES string of the molecule is COCCCCCOC1CCN(c2ccc(-c3nnc(-c4ccc(C(=O)O)cc4)s3)cc2)CC1.Cl. The second-order valence-electron chi connectivity index (χ2n) is 8.45. The molecule has 1 N–H and O–H groups in total. The van der Waals surface area contributed by atoms with Crippen molar-refractivity contribution in [2.45, 2.75) is 38.2 Å². The highest BCUT2D eigenvalue weighted by atomic mass is 35.5. The van der Waals surface area contributed by atoms with Crippen LogP contribution in [0, 0.1) is 0 Å². The summed E-state index contributed by atoms with van der Waals surface area (Å²) in [6, 6.07) is 15.2. The first-order valence-electron chi connectivity index (χ1n) is 11.8. The van der Waals surface area contributed by atoms with E-state index in [2.05, 4.69) is 39.4 Å². The molecule has 188 valence electrons. The Morgan fingerprint density at radius 2 is 1.51 bits per heavy atom. The van der Waals surface area contributed by atoms with Gasteiger partial charge in [-0.3, -0.25) is 0 Å². The maximum Gasteiger partial charge on any atom is 0.335 e. The number of anilines is 1. The lowest BCUT2D eigenvalue weighted by Gasteiger charge is -2.33. The number of carboxylic acid groups (broad SMARTS) is 1. The molecule has 0 spiro atoms. The number of nitrogens with zero attached hydrogens (tertiary/aromatic N) is 3. The third-order valence-corrected chi connectivity index (χ3v) is 7.09. The maximum absolute atomic E-state index is 11.0. The van der Waals surface area contributed by atoms with Crippen LogP contribution in [-0.2, 0) is 9.47 Å². The Morgan fingerprint density at radius 1 is 0.943 bits per heavy atom. The minimum atomic E-state index is -0.935. The minimum Gasteiger partial charge on any atom is -0.478 e. The van der Waals surface area contributed by atoms with Gasteiger partial charge in [-0.05, 0) is 68.5 Å². The predicted molar refractivity (Wildman–Crippen MR) is 142 cm³/mol. The van der Waals surface area contributed by atoms with E-state index in [4.69, 9.17) is 14.6 Å². The quantitative estimate of drug-likeness (QED) is 0.322. The van der Waals surface area contributed by atoms with E-state index in [0.29, 0.717) is 6.10 Å². The van der Waals surface area contributed by atoms with Gasteiger partial charge in [0, 0.05) is 50.2 Å². The molecule has 1 aliphatic heterocycles. The number of aromatic nitrogens is 2. The molecule has 0 atom stereocenters. The van der Waals surface area contributed by atoms with Crippen molar-refractivity contribution in [3.8, 4) is 21.1 Å². The molecule has 1 saturated heterocycles. The summed E-state index contributed by atoms with van der Waals surface area (Å²) < 4.78 is 11.2. The van der Waals surface area contributed by atoms with Crippen LogP contribution in [-0.4, -0.2) is 60.8 Å². The summed E-state index contributed by atoms with van der Waals surface area (Å²) >= 11 is 1.50. The average molecular weight is 518 g/mol. The molecular formula is C26H32ClN3O4S. The average Bonchev–Trinajstić information content (AvgIpc) is 3.37. The Labute approximate surface area is 216 Å². The molecule has 2 heterocycles. The molecule has 1 aromatic heterocycles. The molecule has 0 aliphatic carbocycles. The van der Waals surface area contributed by atoms with Gasteiger partial charge in [-0.15, -0.1) is 22.6 Å². The zero-order chi connectivity index (χ0) is 23.8. The minimum absolute atomic E-state index is 0. The van der Waals surface area contributed by atoms with Crippen LogP contribution in [0.2, 0.25) is 0 Å². The normalized spacial score (nSPS) is 14.0. The Kier molecular flexibility index (Phi) is 10.5. The smallest absolute Gasteiger partial charge is 0.335 e. The van der Waals surface area contributed by atoms with Gasteiger partial charge in [-0.25, -0.2) is 4.79 Å². The predicted octanol–water partition coefficient (Wildman–Crippen LogP) is 5.79. The molecule has 4 rings (SSSR count). The van der Waals surface area contributed by atoms with Crippen molar-refractivity contribution < 1.29 is 19.4 Å². The zero-order valence-corrected chi connectivity index (χ0v) is 21.5. The molecule has 1 aliphatic rings. The lowest BCUT2D eigenvalue weighted by molar-refractivity contribution is 0.0340. The van der Waals surface area contributed by atoms with Crippen molar-refractivity contribution in [3.05, 3.63) is 54.1 Å². The van der Waals surface area contributed by atoms with Gasteiger partial charge < -0.3 is 19.5 Å². The first kappa shape index (κ1) is 27.1. The number of unbranched alkanes of at least 4 members (excludes halogenated alkanes) is 2. The number of carboxylic acids is 1. The van der Waals surface area contributed by atoms with Gasteiger partial charge in [-0.1, -0.05) is 23.5 Å². The van der Waals surface area contributed by atoms with Crippen molar-refractivity contribution in [3.63, 3.8) is 0 Å².